The molecule has 0 aromatic rings. The van der Waals surface area contributed by atoms with Crippen molar-refractivity contribution in [3.05, 3.63) is 12.7 Å². The number of hydrogen-bond acceptors (Lipinski definition) is 3. The van der Waals surface area contributed by atoms with Crippen LogP contribution in [0.1, 0.15) is 44.9 Å². The summed E-state index contributed by atoms with van der Waals surface area (Å²) in [5.74, 6) is 2.47. The summed E-state index contributed by atoms with van der Waals surface area (Å²) in [6.45, 7) is 4.36. The van der Waals surface area contributed by atoms with Crippen molar-refractivity contribution in [2.75, 3.05) is 6.61 Å². The van der Waals surface area contributed by atoms with Gasteiger partial charge in [0.25, 0.3) is 0 Å². The number of carbonyl (C=O) groups is 1. The molecule has 3 aliphatic carbocycles. The first-order valence-electron chi connectivity index (χ1n) is 8.14. The van der Waals surface area contributed by atoms with Gasteiger partial charge in [-0.15, -0.1) is 6.58 Å². The van der Waals surface area contributed by atoms with Gasteiger partial charge in [0.1, 0.15) is 0 Å². The van der Waals surface area contributed by atoms with Crippen LogP contribution in [0, 0.1) is 29.6 Å². The fourth-order valence-electron chi connectivity index (χ4n) is 4.07. The number of aliphatic hydroxyl groups is 1. The van der Waals surface area contributed by atoms with Crippen LogP contribution in [0.4, 0.5) is 0 Å². The summed E-state index contributed by atoms with van der Waals surface area (Å²) in [5.41, 5.74) is 0. The van der Waals surface area contributed by atoms with Gasteiger partial charge < -0.3 is 9.84 Å². The Morgan fingerprint density at radius 3 is 2.75 bits per heavy atom. The van der Waals surface area contributed by atoms with Gasteiger partial charge in [0.15, 0.2) is 0 Å². The van der Waals surface area contributed by atoms with E-state index in [0.717, 1.165) is 18.3 Å². The first-order chi connectivity index (χ1) is 9.67. The third-order valence-electron chi connectivity index (χ3n) is 5.61. The van der Waals surface area contributed by atoms with Crippen LogP contribution in [-0.2, 0) is 9.53 Å². The van der Waals surface area contributed by atoms with Crippen LogP contribution < -0.4 is 0 Å². The zero-order chi connectivity index (χ0) is 14.1. The highest BCUT2D eigenvalue weighted by molar-refractivity contribution is 5.72. The minimum atomic E-state index is -0.332. The Hall–Kier alpha value is -0.830. The largest absolute Gasteiger partial charge is 0.465 e. The van der Waals surface area contributed by atoms with E-state index >= 15 is 0 Å². The molecule has 0 aliphatic heterocycles. The Morgan fingerprint density at radius 2 is 2.00 bits per heavy atom. The molecule has 0 spiro atoms. The molecule has 0 aromatic heterocycles. The van der Waals surface area contributed by atoms with E-state index in [1.165, 1.54) is 25.7 Å². The smallest absolute Gasteiger partial charge is 0.308 e. The van der Waals surface area contributed by atoms with E-state index in [1.54, 1.807) is 6.08 Å². The maximum atomic E-state index is 12.2. The fourth-order valence-corrected chi connectivity index (χ4v) is 4.07. The molecule has 20 heavy (non-hydrogen) atoms. The molecule has 0 radical (unpaired) electrons. The van der Waals surface area contributed by atoms with Crippen molar-refractivity contribution in [1.29, 1.82) is 0 Å². The van der Waals surface area contributed by atoms with Crippen LogP contribution >= 0.6 is 0 Å². The van der Waals surface area contributed by atoms with E-state index in [4.69, 9.17) is 4.74 Å². The van der Waals surface area contributed by atoms with Crippen LogP contribution in [-0.4, -0.2) is 23.8 Å². The molecule has 6 atom stereocenters. The van der Waals surface area contributed by atoms with Crippen molar-refractivity contribution < 1.29 is 14.6 Å². The summed E-state index contributed by atoms with van der Waals surface area (Å²) in [4.78, 5) is 12.2. The highest BCUT2D eigenvalue weighted by atomic mass is 16.5. The first kappa shape index (κ1) is 14.1. The fraction of sp³-hybridized carbons (Fsp3) is 0.824. The van der Waals surface area contributed by atoms with Crippen LogP contribution in [0.25, 0.3) is 0 Å². The van der Waals surface area contributed by atoms with Crippen LogP contribution in [0.2, 0.25) is 0 Å². The summed E-state index contributed by atoms with van der Waals surface area (Å²) in [5, 5.41) is 9.81. The second-order valence-electron chi connectivity index (χ2n) is 7.04. The lowest BCUT2D eigenvalue weighted by atomic mass is 9.79. The maximum Gasteiger partial charge on any atom is 0.308 e. The van der Waals surface area contributed by atoms with Crippen LogP contribution in [0.15, 0.2) is 12.7 Å². The standard InChI is InChI=1S/C17H26O3/c1-2-12-8-14(5-6-16(12)18)17(19)20-10-11-3-4-13-9-15(13)7-11/h2,11-16,18H,1,3-10H2. The van der Waals surface area contributed by atoms with Gasteiger partial charge >= 0.3 is 5.97 Å². The SMILES string of the molecule is C=CC1CC(C(=O)OCC2CCC3CC3C2)CCC1O. The highest BCUT2D eigenvalue weighted by Gasteiger charge is 2.42. The molecule has 0 heterocycles. The topological polar surface area (TPSA) is 46.5 Å². The second-order valence-corrected chi connectivity index (χ2v) is 7.04. The molecule has 1 N–H and O–H groups in total. The van der Waals surface area contributed by atoms with Gasteiger partial charge in [-0.2, -0.15) is 0 Å². The van der Waals surface area contributed by atoms with Crippen LogP contribution in [0.5, 0.6) is 0 Å². The van der Waals surface area contributed by atoms with E-state index in [1.807, 2.05) is 0 Å². The van der Waals surface area contributed by atoms with Gasteiger partial charge in [-0.1, -0.05) is 6.08 Å². The molecule has 3 heteroatoms. The van der Waals surface area contributed by atoms with Gasteiger partial charge in [-0.3, -0.25) is 4.79 Å². The molecule has 112 valence electrons. The molecule has 3 nitrogen and oxygen atoms in total. The number of esters is 1. The Bertz CT molecular complexity index is 378. The van der Waals surface area contributed by atoms with Gasteiger partial charge in [-0.25, -0.2) is 0 Å². The summed E-state index contributed by atoms with van der Waals surface area (Å²) >= 11 is 0. The first-order valence-corrected chi connectivity index (χ1v) is 8.14. The Balaban J connectivity index is 1.43. The molecule has 3 fully saturated rings. The van der Waals surface area contributed by atoms with Gasteiger partial charge in [0, 0.05) is 5.92 Å². The van der Waals surface area contributed by atoms with Crippen molar-refractivity contribution >= 4 is 5.97 Å². The Labute approximate surface area is 121 Å². The molecular weight excluding hydrogens is 252 g/mol. The van der Waals surface area contributed by atoms with Crippen LogP contribution in [0.3, 0.4) is 0 Å². The quantitative estimate of drug-likeness (QED) is 0.635. The van der Waals surface area contributed by atoms with Crippen molar-refractivity contribution in [3.8, 4) is 0 Å². The normalized spacial score (nSPS) is 43.5. The molecule has 6 unspecified atom stereocenters. The van der Waals surface area contributed by atoms with E-state index in [2.05, 4.69) is 6.58 Å². The molecule has 0 aromatic carbocycles. The third kappa shape index (κ3) is 3.08. The average Bonchev–Trinajstić information content (AvgIpc) is 3.23. The molecule has 0 saturated heterocycles. The lowest BCUT2D eigenvalue weighted by Gasteiger charge is -2.30. The summed E-state index contributed by atoms with van der Waals surface area (Å²) < 4.78 is 5.56. The minimum absolute atomic E-state index is 0.0429. The third-order valence-corrected chi connectivity index (χ3v) is 5.61. The number of fused-ring (bicyclic) bond motifs is 1. The number of ether oxygens (including phenoxy) is 1. The van der Waals surface area contributed by atoms with Crippen molar-refractivity contribution in [1.82, 2.24) is 0 Å². The molecule has 0 amide bonds. The Morgan fingerprint density at radius 1 is 1.15 bits per heavy atom. The van der Waals surface area contributed by atoms with E-state index in [0.29, 0.717) is 25.4 Å². The molecule has 3 rings (SSSR count). The zero-order valence-corrected chi connectivity index (χ0v) is 12.2. The minimum Gasteiger partial charge on any atom is -0.465 e. The predicted octanol–water partition coefficient (Wildman–Crippen LogP) is 2.93. The summed E-state index contributed by atoms with van der Waals surface area (Å²) in [6.07, 6.45) is 8.80. The van der Waals surface area contributed by atoms with E-state index in [9.17, 15) is 9.90 Å². The Kier molecular flexibility index (Phi) is 4.16. The van der Waals surface area contributed by atoms with Crippen molar-refractivity contribution in [2.45, 2.75) is 51.0 Å². The van der Waals surface area contributed by atoms with Gasteiger partial charge in [0.2, 0.25) is 0 Å². The monoisotopic (exact) mass is 278 g/mol. The lowest BCUT2D eigenvalue weighted by molar-refractivity contribution is -0.152. The molecule has 3 saturated carbocycles. The molecule has 0 bridgehead atoms. The highest BCUT2D eigenvalue weighted by Crippen LogP contribution is 2.51. The number of hydrogen-bond donors (Lipinski definition) is 1. The average molecular weight is 278 g/mol. The molecular formula is C17H26O3. The summed E-state index contributed by atoms with van der Waals surface area (Å²) in [6, 6.07) is 0. The van der Waals surface area contributed by atoms with Crippen molar-refractivity contribution in [3.63, 3.8) is 0 Å². The number of rotatable bonds is 4. The second kappa shape index (κ2) is 5.88. The van der Waals surface area contributed by atoms with Crippen molar-refractivity contribution in [2.24, 2.45) is 29.6 Å². The van der Waals surface area contributed by atoms with E-state index < -0.39 is 0 Å². The van der Waals surface area contributed by atoms with Gasteiger partial charge in [0.05, 0.1) is 18.6 Å². The number of aliphatic hydroxyl groups excluding tert-OH is 1. The van der Waals surface area contributed by atoms with E-state index in [-0.39, 0.29) is 23.9 Å². The molecule has 3 aliphatic rings. The number of carbonyl (C=O) groups excluding carboxylic acids is 1. The maximum absolute atomic E-state index is 12.2. The zero-order valence-electron chi connectivity index (χ0n) is 12.2. The van der Waals surface area contributed by atoms with Gasteiger partial charge in [-0.05, 0) is 62.7 Å². The predicted molar refractivity (Wildman–Crippen MR) is 76.9 cm³/mol. The summed E-state index contributed by atoms with van der Waals surface area (Å²) in [7, 11) is 0. The lowest BCUT2D eigenvalue weighted by Crippen LogP contribution is -2.33.